The number of nitrogens with zero attached hydrogens (tertiary/aromatic N) is 1. The SMILES string of the molecule is CC(C)N1CCCC(CNC(=O)NC2CCCCC2CO)C1. The minimum atomic E-state index is -0.0629. The molecular formula is C17H33N3O2. The van der Waals surface area contributed by atoms with Gasteiger partial charge in [0.25, 0.3) is 0 Å². The van der Waals surface area contributed by atoms with E-state index in [1.807, 2.05) is 0 Å². The number of carbonyl (C=O) groups is 1. The van der Waals surface area contributed by atoms with Gasteiger partial charge in [0.05, 0.1) is 0 Å². The van der Waals surface area contributed by atoms with Crippen molar-refractivity contribution in [2.75, 3.05) is 26.2 Å². The van der Waals surface area contributed by atoms with E-state index in [1.54, 1.807) is 0 Å². The Morgan fingerprint density at radius 3 is 2.73 bits per heavy atom. The van der Waals surface area contributed by atoms with Gasteiger partial charge in [0.2, 0.25) is 0 Å². The molecule has 1 heterocycles. The van der Waals surface area contributed by atoms with E-state index < -0.39 is 0 Å². The van der Waals surface area contributed by atoms with E-state index in [0.717, 1.165) is 38.8 Å². The predicted octanol–water partition coefficient (Wildman–Crippen LogP) is 1.96. The normalized spacial score (nSPS) is 30.3. The van der Waals surface area contributed by atoms with Crippen LogP contribution >= 0.6 is 0 Å². The highest BCUT2D eigenvalue weighted by Gasteiger charge is 2.26. The summed E-state index contributed by atoms with van der Waals surface area (Å²) in [5.41, 5.74) is 0. The number of hydrogen-bond acceptors (Lipinski definition) is 3. The minimum absolute atomic E-state index is 0.0629. The van der Waals surface area contributed by atoms with Crippen molar-refractivity contribution in [2.45, 2.75) is 64.5 Å². The number of likely N-dealkylation sites (tertiary alicyclic amines) is 1. The number of carbonyl (C=O) groups excluding carboxylic acids is 1. The molecule has 22 heavy (non-hydrogen) atoms. The lowest BCUT2D eigenvalue weighted by molar-refractivity contribution is 0.137. The van der Waals surface area contributed by atoms with Gasteiger partial charge in [0, 0.05) is 37.7 Å². The fraction of sp³-hybridized carbons (Fsp3) is 0.941. The van der Waals surface area contributed by atoms with E-state index in [9.17, 15) is 9.90 Å². The van der Waals surface area contributed by atoms with Crippen molar-refractivity contribution in [2.24, 2.45) is 11.8 Å². The number of aliphatic hydroxyl groups is 1. The summed E-state index contributed by atoms with van der Waals surface area (Å²) in [5, 5.41) is 15.5. The Morgan fingerprint density at radius 1 is 1.23 bits per heavy atom. The fourth-order valence-corrected chi connectivity index (χ4v) is 3.81. The lowest BCUT2D eigenvalue weighted by Gasteiger charge is -2.35. The molecule has 0 spiro atoms. The Labute approximate surface area is 134 Å². The molecule has 2 aliphatic rings. The maximum absolute atomic E-state index is 12.1. The molecule has 2 amide bonds. The van der Waals surface area contributed by atoms with Crippen molar-refractivity contribution >= 4 is 6.03 Å². The monoisotopic (exact) mass is 311 g/mol. The van der Waals surface area contributed by atoms with Crippen LogP contribution in [0.25, 0.3) is 0 Å². The average Bonchev–Trinajstić information content (AvgIpc) is 2.53. The molecule has 1 aliphatic heterocycles. The first-order valence-electron chi connectivity index (χ1n) is 8.99. The second-order valence-corrected chi connectivity index (χ2v) is 7.28. The number of aliphatic hydroxyl groups excluding tert-OH is 1. The summed E-state index contributed by atoms with van der Waals surface area (Å²) in [6.07, 6.45) is 6.75. The van der Waals surface area contributed by atoms with Gasteiger partial charge in [-0.15, -0.1) is 0 Å². The molecule has 2 fully saturated rings. The maximum atomic E-state index is 12.1. The number of hydrogen-bond donors (Lipinski definition) is 3. The highest BCUT2D eigenvalue weighted by molar-refractivity contribution is 5.74. The topological polar surface area (TPSA) is 64.6 Å². The Hall–Kier alpha value is -0.810. The van der Waals surface area contributed by atoms with Crippen LogP contribution in [0.4, 0.5) is 4.79 Å². The van der Waals surface area contributed by atoms with E-state index in [-0.39, 0.29) is 24.6 Å². The first kappa shape index (κ1) is 17.5. The minimum Gasteiger partial charge on any atom is -0.396 e. The van der Waals surface area contributed by atoms with Crippen LogP contribution in [0.1, 0.15) is 52.4 Å². The third-order valence-corrected chi connectivity index (χ3v) is 5.29. The summed E-state index contributed by atoms with van der Waals surface area (Å²) < 4.78 is 0. The first-order valence-corrected chi connectivity index (χ1v) is 8.99. The molecule has 0 bridgehead atoms. The molecule has 5 nitrogen and oxygen atoms in total. The molecule has 5 heteroatoms. The molecular weight excluding hydrogens is 278 g/mol. The molecule has 1 saturated carbocycles. The third kappa shape index (κ3) is 5.13. The van der Waals surface area contributed by atoms with Crippen LogP contribution in [0, 0.1) is 11.8 Å². The lowest BCUT2D eigenvalue weighted by atomic mass is 9.85. The van der Waals surface area contributed by atoms with Gasteiger partial charge in [-0.1, -0.05) is 12.8 Å². The summed E-state index contributed by atoms with van der Waals surface area (Å²) in [4.78, 5) is 14.6. The van der Waals surface area contributed by atoms with Gasteiger partial charge in [0.1, 0.15) is 0 Å². The van der Waals surface area contributed by atoms with E-state index in [2.05, 4.69) is 29.4 Å². The maximum Gasteiger partial charge on any atom is 0.315 e. The van der Waals surface area contributed by atoms with Gasteiger partial charge in [0.15, 0.2) is 0 Å². The highest BCUT2D eigenvalue weighted by Crippen LogP contribution is 2.24. The zero-order valence-electron chi connectivity index (χ0n) is 14.2. The number of piperidine rings is 1. The molecule has 0 aromatic carbocycles. The molecule has 3 unspecified atom stereocenters. The largest absolute Gasteiger partial charge is 0.396 e. The fourth-order valence-electron chi connectivity index (χ4n) is 3.81. The quantitative estimate of drug-likeness (QED) is 0.727. The molecule has 1 saturated heterocycles. The smallest absolute Gasteiger partial charge is 0.315 e. The van der Waals surface area contributed by atoms with E-state index in [4.69, 9.17) is 0 Å². The molecule has 1 aliphatic carbocycles. The highest BCUT2D eigenvalue weighted by atomic mass is 16.3. The molecule has 0 radical (unpaired) electrons. The molecule has 3 atom stereocenters. The summed E-state index contributed by atoms with van der Waals surface area (Å²) in [6, 6.07) is 0.661. The van der Waals surface area contributed by atoms with Crippen molar-refractivity contribution in [3.63, 3.8) is 0 Å². The second kappa shape index (κ2) is 8.73. The molecule has 3 N–H and O–H groups in total. The van der Waals surface area contributed by atoms with Crippen molar-refractivity contribution in [3.8, 4) is 0 Å². The third-order valence-electron chi connectivity index (χ3n) is 5.29. The summed E-state index contributed by atoms with van der Waals surface area (Å²) >= 11 is 0. The number of urea groups is 1. The zero-order chi connectivity index (χ0) is 15.9. The van der Waals surface area contributed by atoms with Crippen molar-refractivity contribution in [1.82, 2.24) is 15.5 Å². The first-order chi connectivity index (χ1) is 10.6. The average molecular weight is 311 g/mol. The Bertz CT molecular complexity index is 349. The zero-order valence-corrected chi connectivity index (χ0v) is 14.2. The van der Waals surface area contributed by atoms with Gasteiger partial charge in [-0.05, 0) is 52.0 Å². The molecule has 0 aromatic heterocycles. The Morgan fingerprint density at radius 2 is 2.00 bits per heavy atom. The van der Waals surface area contributed by atoms with E-state index in [1.165, 1.54) is 19.4 Å². The molecule has 2 rings (SSSR count). The van der Waals surface area contributed by atoms with Gasteiger partial charge in [-0.2, -0.15) is 0 Å². The molecule has 0 aromatic rings. The predicted molar refractivity (Wildman–Crippen MR) is 88.8 cm³/mol. The van der Waals surface area contributed by atoms with Crippen LogP contribution < -0.4 is 10.6 Å². The van der Waals surface area contributed by atoms with E-state index >= 15 is 0 Å². The van der Waals surface area contributed by atoms with E-state index in [0.29, 0.717) is 12.0 Å². The van der Waals surface area contributed by atoms with Gasteiger partial charge in [-0.25, -0.2) is 4.79 Å². The standard InChI is InChI=1S/C17H33N3O2/c1-13(2)20-9-5-6-14(11-20)10-18-17(22)19-16-8-4-3-7-15(16)12-21/h13-16,21H,3-12H2,1-2H3,(H2,18,19,22). The Balaban J connectivity index is 1.70. The Kier molecular flexibility index (Phi) is 6.96. The number of amides is 2. The van der Waals surface area contributed by atoms with Gasteiger partial charge < -0.3 is 20.6 Å². The van der Waals surface area contributed by atoms with Crippen molar-refractivity contribution < 1.29 is 9.90 Å². The van der Waals surface area contributed by atoms with Gasteiger partial charge in [-0.3, -0.25) is 0 Å². The summed E-state index contributed by atoms with van der Waals surface area (Å²) in [7, 11) is 0. The summed E-state index contributed by atoms with van der Waals surface area (Å²) in [6.45, 7) is 7.67. The van der Waals surface area contributed by atoms with Crippen LogP contribution in [-0.2, 0) is 0 Å². The number of nitrogens with one attached hydrogen (secondary N) is 2. The van der Waals surface area contributed by atoms with Crippen LogP contribution in [0.15, 0.2) is 0 Å². The molecule has 128 valence electrons. The van der Waals surface area contributed by atoms with Crippen LogP contribution in [0.3, 0.4) is 0 Å². The van der Waals surface area contributed by atoms with Crippen LogP contribution in [0.2, 0.25) is 0 Å². The second-order valence-electron chi connectivity index (χ2n) is 7.28. The summed E-state index contributed by atoms with van der Waals surface area (Å²) in [5.74, 6) is 0.785. The van der Waals surface area contributed by atoms with Gasteiger partial charge >= 0.3 is 6.03 Å². The lowest BCUT2D eigenvalue weighted by Crippen LogP contribution is -2.50. The number of rotatable bonds is 5. The van der Waals surface area contributed by atoms with Crippen molar-refractivity contribution in [1.29, 1.82) is 0 Å². The van der Waals surface area contributed by atoms with Crippen molar-refractivity contribution in [3.05, 3.63) is 0 Å². The van der Waals surface area contributed by atoms with Crippen LogP contribution in [-0.4, -0.2) is 54.4 Å². The van der Waals surface area contributed by atoms with Crippen LogP contribution in [0.5, 0.6) is 0 Å².